The van der Waals surface area contributed by atoms with Crippen molar-refractivity contribution >= 4 is 5.97 Å². The molecule has 4 nitrogen and oxygen atoms in total. The molecule has 2 heterocycles. The molecule has 0 amide bonds. The first-order valence-corrected chi connectivity index (χ1v) is 7.48. The Bertz CT molecular complexity index is 463. The standard InChI is InChI=1S/C16H22N2O2/c19-16(20)15(12-4-2-1-3-5-12)11-18-9-8-13-6-7-14(10-18)17-13/h1-5,13-15,17H,6-11H2,(H,19,20). The van der Waals surface area contributed by atoms with Crippen molar-refractivity contribution in [1.82, 2.24) is 10.2 Å². The molecule has 3 rings (SSSR count). The topological polar surface area (TPSA) is 52.6 Å². The molecule has 2 aliphatic rings. The molecule has 0 saturated carbocycles. The largest absolute Gasteiger partial charge is 0.481 e. The van der Waals surface area contributed by atoms with E-state index in [1.54, 1.807) is 0 Å². The van der Waals surface area contributed by atoms with Crippen molar-refractivity contribution in [3.05, 3.63) is 35.9 Å². The Labute approximate surface area is 119 Å². The van der Waals surface area contributed by atoms with Gasteiger partial charge in [0.2, 0.25) is 0 Å². The lowest BCUT2D eigenvalue weighted by atomic mass is 9.98. The Kier molecular flexibility index (Phi) is 4.03. The van der Waals surface area contributed by atoms with Crippen LogP contribution in [0.15, 0.2) is 30.3 Å². The monoisotopic (exact) mass is 274 g/mol. The van der Waals surface area contributed by atoms with Gasteiger partial charge in [-0.25, -0.2) is 0 Å². The number of carboxylic acids is 1. The van der Waals surface area contributed by atoms with Crippen LogP contribution in [0.5, 0.6) is 0 Å². The number of carbonyl (C=O) groups is 1. The van der Waals surface area contributed by atoms with E-state index in [0.29, 0.717) is 18.6 Å². The maximum absolute atomic E-state index is 11.6. The lowest BCUT2D eigenvalue weighted by Gasteiger charge is -2.27. The molecule has 4 heteroatoms. The lowest BCUT2D eigenvalue weighted by molar-refractivity contribution is -0.139. The molecule has 2 saturated heterocycles. The third-order valence-corrected chi connectivity index (χ3v) is 4.55. The van der Waals surface area contributed by atoms with Gasteiger partial charge in [0.15, 0.2) is 0 Å². The van der Waals surface area contributed by atoms with Crippen LogP contribution < -0.4 is 5.32 Å². The average molecular weight is 274 g/mol. The summed E-state index contributed by atoms with van der Waals surface area (Å²) in [6, 6.07) is 10.8. The summed E-state index contributed by atoms with van der Waals surface area (Å²) in [4.78, 5) is 13.9. The molecule has 0 spiro atoms. The van der Waals surface area contributed by atoms with Crippen molar-refractivity contribution in [2.75, 3.05) is 19.6 Å². The summed E-state index contributed by atoms with van der Waals surface area (Å²) < 4.78 is 0. The average Bonchev–Trinajstić information content (AvgIpc) is 2.78. The zero-order valence-corrected chi connectivity index (χ0v) is 11.7. The quantitative estimate of drug-likeness (QED) is 0.877. The smallest absolute Gasteiger partial charge is 0.312 e. The van der Waals surface area contributed by atoms with Crippen LogP contribution in [0, 0.1) is 0 Å². The van der Waals surface area contributed by atoms with Crippen molar-refractivity contribution in [3.8, 4) is 0 Å². The number of rotatable bonds is 4. The van der Waals surface area contributed by atoms with Gasteiger partial charge < -0.3 is 15.3 Å². The normalized spacial score (nSPS) is 28.0. The molecule has 108 valence electrons. The zero-order chi connectivity index (χ0) is 13.9. The lowest BCUT2D eigenvalue weighted by Crippen LogP contribution is -2.38. The van der Waals surface area contributed by atoms with Crippen LogP contribution in [-0.2, 0) is 4.79 Å². The Morgan fingerprint density at radius 2 is 2.00 bits per heavy atom. The number of nitrogens with one attached hydrogen (secondary N) is 1. The van der Waals surface area contributed by atoms with Crippen molar-refractivity contribution in [2.24, 2.45) is 0 Å². The Balaban J connectivity index is 1.69. The van der Waals surface area contributed by atoms with Gasteiger partial charge in [0, 0.05) is 25.2 Å². The van der Waals surface area contributed by atoms with E-state index in [-0.39, 0.29) is 0 Å². The second kappa shape index (κ2) is 5.94. The molecule has 2 bridgehead atoms. The van der Waals surface area contributed by atoms with Crippen LogP contribution in [-0.4, -0.2) is 47.7 Å². The van der Waals surface area contributed by atoms with E-state index in [4.69, 9.17) is 0 Å². The number of hydrogen-bond acceptors (Lipinski definition) is 3. The van der Waals surface area contributed by atoms with Gasteiger partial charge in [-0.2, -0.15) is 0 Å². The molecule has 3 unspecified atom stereocenters. The van der Waals surface area contributed by atoms with Gasteiger partial charge >= 0.3 is 5.97 Å². The zero-order valence-electron chi connectivity index (χ0n) is 11.7. The number of nitrogens with zero attached hydrogens (tertiary/aromatic N) is 1. The molecule has 2 aliphatic heterocycles. The highest BCUT2D eigenvalue weighted by Gasteiger charge is 2.31. The molecule has 3 atom stereocenters. The van der Waals surface area contributed by atoms with Crippen LogP contribution in [0.25, 0.3) is 0 Å². The third kappa shape index (κ3) is 3.02. The number of aliphatic carboxylic acids is 1. The molecular weight excluding hydrogens is 252 g/mol. The minimum Gasteiger partial charge on any atom is -0.481 e. The molecule has 2 fully saturated rings. The van der Waals surface area contributed by atoms with Crippen molar-refractivity contribution in [2.45, 2.75) is 37.3 Å². The van der Waals surface area contributed by atoms with E-state index in [1.165, 1.54) is 12.8 Å². The fourth-order valence-corrected chi connectivity index (χ4v) is 3.45. The highest BCUT2D eigenvalue weighted by atomic mass is 16.4. The molecule has 2 N–H and O–H groups in total. The first-order chi connectivity index (χ1) is 9.72. The van der Waals surface area contributed by atoms with E-state index in [9.17, 15) is 9.90 Å². The molecule has 0 aliphatic carbocycles. The highest BCUT2D eigenvalue weighted by molar-refractivity contribution is 5.76. The van der Waals surface area contributed by atoms with Crippen LogP contribution >= 0.6 is 0 Å². The summed E-state index contributed by atoms with van der Waals surface area (Å²) in [5.74, 6) is -1.15. The summed E-state index contributed by atoms with van der Waals surface area (Å²) in [6.45, 7) is 2.60. The first kappa shape index (κ1) is 13.6. The van der Waals surface area contributed by atoms with Gasteiger partial charge in [-0.15, -0.1) is 0 Å². The molecule has 0 radical (unpaired) electrons. The second-order valence-electron chi connectivity index (χ2n) is 5.99. The van der Waals surface area contributed by atoms with E-state index >= 15 is 0 Å². The van der Waals surface area contributed by atoms with Gasteiger partial charge in [0.25, 0.3) is 0 Å². The fourth-order valence-electron chi connectivity index (χ4n) is 3.45. The van der Waals surface area contributed by atoms with Crippen LogP contribution in [0.1, 0.15) is 30.7 Å². The van der Waals surface area contributed by atoms with Gasteiger partial charge in [-0.05, 0) is 31.4 Å². The molecule has 1 aromatic carbocycles. The Hall–Kier alpha value is -1.39. The van der Waals surface area contributed by atoms with Crippen molar-refractivity contribution in [1.29, 1.82) is 0 Å². The fraction of sp³-hybridized carbons (Fsp3) is 0.562. The molecule has 20 heavy (non-hydrogen) atoms. The third-order valence-electron chi connectivity index (χ3n) is 4.55. The Morgan fingerprint density at radius 1 is 1.25 bits per heavy atom. The summed E-state index contributed by atoms with van der Waals surface area (Å²) in [5.41, 5.74) is 0.905. The van der Waals surface area contributed by atoms with Crippen LogP contribution in [0.2, 0.25) is 0 Å². The Morgan fingerprint density at radius 3 is 2.75 bits per heavy atom. The molecular formula is C16H22N2O2. The predicted octanol–water partition coefficient (Wildman–Crippen LogP) is 1.68. The van der Waals surface area contributed by atoms with E-state index in [0.717, 1.165) is 25.1 Å². The van der Waals surface area contributed by atoms with Gasteiger partial charge in [0.1, 0.15) is 0 Å². The summed E-state index contributed by atoms with van der Waals surface area (Å²) in [7, 11) is 0. The minimum absolute atomic E-state index is 0.423. The maximum Gasteiger partial charge on any atom is 0.312 e. The predicted molar refractivity (Wildman–Crippen MR) is 77.8 cm³/mol. The van der Waals surface area contributed by atoms with Crippen LogP contribution in [0.3, 0.4) is 0 Å². The van der Waals surface area contributed by atoms with E-state index in [1.807, 2.05) is 30.3 Å². The molecule has 1 aromatic rings. The number of fused-ring (bicyclic) bond motifs is 2. The maximum atomic E-state index is 11.6. The number of carboxylic acid groups (broad SMARTS) is 1. The first-order valence-electron chi connectivity index (χ1n) is 7.48. The van der Waals surface area contributed by atoms with Gasteiger partial charge in [0.05, 0.1) is 5.92 Å². The van der Waals surface area contributed by atoms with E-state index in [2.05, 4.69) is 10.2 Å². The highest BCUT2D eigenvalue weighted by Crippen LogP contribution is 2.23. The minimum atomic E-state index is -0.724. The van der Waals surface area contributed by atoms with Gasteiger partial charge in [-0.3, -0.25) is 4.79 Å². The van der Waals surface area contributed by atoms with Crippen molar-refractivity contribution < 1.29 is 9.90 Å². The summed E-state index contributed by atoms with van der Waals surface area (Å²) in [6.07, 6.45) is 3.64. The van der Waals surface area contributed by atoms with Crippen molar-refractivity contribution in [3.63, 3.8) is 0 Å². The van der Waals surface area contributed by atoms with Gasteiger partial charge in [-0.1, -0.05) is 30.3 Å². The molecule has 0 aromatic heterocycles. The number of benzene rings is 1. The number of hydrogen-bond donors (Lipinski definition) is 2. The summed E-state index contributed by atoms with van der Waals surface area (Å²) >= 11 is 0. The SMILES string of the molecule is O=C(O)C(CN1CCC2CCC(C1)N2)c1ccccc1. The van der Waals surface area contributed by atoms with E-state index < -0.39 is 11.9 Å². The summed E-state index contributed by atoms with van der Waals surface area (Å²) in [5, 5.41) is 13.2. The second-order valence-corrected chi connectivity index (χ2v) is 5.99. The van der Waals surface area contributed by atoms with Crippen LogP contribution in [0.4, 0.5) is 0 Å². The number of likely N-dealkylation sites (tertiary alicyclic amines) is 1.